The maximum atomic E-state index is 5.93. The average molecular weight is 440 g/mol. The van der Waals surface area contributed by atoms with E-state index in [2.05, 4.69) is 70.8 Å². The molecule has 0 radical (unpaired) electrons. The van der Waals surface area contributed by atoms with Crippen molar-refractivity contribution in [3.05, 3.63) is 53.6 Å². The van der Waals surface area contributed by atoms with Gasteiger partial charge in [-0.05, 0) is 86.5 Å². The quantitative estimate of drug-likeness (QED) is 0.418. The monoisotopic (exact) mass is 439 g/mol. The summed E-state index contributed by atoms with van der Waals surface area (Å²) in [6, 6.07) is 16.1. The standard InChI is InChI=1S/C25H33N3S2/c1-3-27-15-7-8-20-16-19(13-14-24(20)27)18-28(22-10-4-5-11-22)25(29)26-21-9-6-12-23(17-21)30-2/h6,9,12-14,16-17,22H,3-5,7-8,10-11,15,18H2,1-2H3,(H,26,29). The normalized spacial score (nSPS) is 16.4. The van der Waals surface area contributed by atoms with Crippen molar-refractivity contribution in [3.8, 4) is 0 Å². The predicted molar refractivity (Wildman–Crippen MR) is 135 cm³/mol. The van der Waals surface area contributed by atoms with E-state index in [0.29, 0.717) is 6.04 Å². The van der Waals surface area contributed by atoms with Crippen LogP contribution < -0.4 is 10.2 Å². The number of nitrogens with one attached hydrogen (secondary N) is 1. The van der Waals surface area contributed by atoms with Gasteiger partial charge in [-0.15, -0.1) is 11.8 Å². The number of benzene rings is 2. The second kappa shape index (κ2) is 10.1. The van der Waals surface area contributed by atoms with Crippen molar-refractivity contribution in [1.82, 2.24) is 4.90 Å². The van der Waals surface area contributed by atoms with Gasteiger partial charge in [-0.2, -0.15) is 0 Å². The van der Waals surface area contributed by atoms with Crippen molar-refractivity contribution in [2.75, 3.05) is 29.6 Å². The SMILES string of the molecule is CCN1CCCc2cc(CN(C(=S)Nc3cccc(SC)c3)C3CCCC3)ccc21. The Morgan fingerprint density at radius 2 is 2.00 bits per heavy atom. The van der Waals surface area contributed by atoms with Crippen molar-refractivity contribution in [2.24, 2.45) is 0 Å². The molecule has 0 saturated heterocycles. The van der Waals surface area contributed by atoms with Gasteiger partial charge in [0.1, 0.15) is 0 Å². The van der Waals surface area contributed by atoms with Gasteiger partial charge in [0.2, 0.25) is 0 Å². The molecule has 1 aliphatic heterocycles. The van der Waals surface area contributed by atoms with Crippen LogP contribution in [-0.4, -0.2) is 35.4 Å². The molecular weight excluding hydrogens is 406 g/mol. The van der Waals surface area contributed by atoms with Crippen molar-refractivity contribution in [3.63, 3.8) is 0 Å². The zero-order valence-electron chi connectivity index (χ0n) is 18.2. The number of nitrogens with zero attached hydrogens (tertiary/aromatic N) is 2. The van der Waals surface area contributed by atoms with Crippen molar-refractivity contribution in [2.45, 2.75) is 62.9 Å². The van der Waals surface area contributed by atoms with E-state index in [0.717, 1.165) is 23.9 Å². The molecule has 2 aromatic rings. The van der Waals surface area contributed by atoms with E-state index in [1.54, 1.807) is 11.8 Å². The molecule has 0 amide bonds. The Kier molecular flexibility index (Phi) is 7.21. The Morgan fingerprint density at radius 3 is 2.77 bits per heavy atom. The summed E-state index contributed by atoms with van der Waals surface area (Å²) < 4.78 is 0. The highest BCUT2D eigenvalue weighted by Gasteiger charge is 2.25. The number of hydrogen-bond acceptors (Lipinski definition) is 3. The van der Waals surface area contributed by atoms with Crippen LogP contribution in [0.5, 0.6) is 0 Å². The minimum atomic E-state index is 0.539. The summed E-state index contributed by atoms with van der Waals surface area (Å²) in [5.74, 6) is 0. The van der Waals surface area contributed by atoms with Crippen molar-refractivity contribution >= 4 is 40.5 Å². The fraction of sp³-hybridized carbons (Fsp3) is 0.480. The van der Waals surface area contributed by atoms with Crippen molar-refractivity contribution in [1.29, 1.82) is 0 Å². The smallest absolute Gasteiger partial charge is 0.173 e. The predicted octanol–water partition coefficient (Wildman–Crippen LogP) is 6.32. The van der Waals surface area contributed by atoms with Gasteiger partial charge in [0.25, 0.3) is 0 Å². The minimum absolute atomic E-state index is 0.539. The highest BCUT2D eigenvalue weighted by molar-refractivity contribution is 7.98. The molecule has 5 heteroatoms. The average Bonchev–Trinajstić information content (AvgIpc) is 3.31. The largest absolute Gasteiger partial charge is 0.372 e. The summed E-state index contributed by atoms with van der Waals surface area (Å²) in [5, 5.41) is 4.38. The number of thiocarbonyl (C=S) groups is 1. The number of rotatable bonds is 6. The molecule has 0 spiro atoms. The molecule has 3 nitrogen and oxygen atoms in total. The molecule has 1 N–H and O–H groups in total. The lowest BCUT2D eigenvalue weighted by Gasteiger charge is -2.33. The molecule has 4 rings (SSSR count). The zero-order valence-corrected chi connectivity index (χ0v) is 19.8. The van der Waals surface area contributed by atoms with Crippen LogP contribution in [0.1, 0.15) is 50.2 Å². The van der Waals surface area contributed by atoms with Gasteiger partial charge in [0.05, 0.1) is 0 Å². The van der Waals surface area contributed by atoms with E-state index in [1.807, 2.05) is 0 Å². The minimum Gasteiger partial charge on any atom is -0.372 e. The van der Waals surface area contributed by atoms with Crippen LogP contribution in [0.25, 0.3) is 0 Å². The Balaban J connectivity index is 1.53. The second-order valence-corrected chi connectivity index (χ2v) is 9.64. The highest BCUT2D eigenvalue weighted by Crippen LogP contribution is 2.30. The molecule has 30 heavy (non-hydrogen) atoms. The van der Waals surface area contributed by atoms with Crippen LogP contribution in [0, 0.1) is 0 Å². The lowest BCUT2D eigenvalue weighted by Crippen LogP contribution is -2.41. The molecule has 1 heterocycles. The third-order valence-corrected chi connectivity index (χ3v) is 7.50. The molecule has 0 bridgehead atoms. The fourth-order valence-corrected chi connectivity index (χ4v) is 5.62. The number of fused-ring (bicyclic) bond motifs is 1. The lowest BCUT2D eigenvalue weighted by atomic mass is 9.99. The summed E-state index contributed by atoms with van der Waals surface area (Å²) >= 11 is 7.69. The molecule has 0 unspecified atom stereocenters. The molecule has 0 aromatic heterocycles. The van der Waals surface area contributed by atoms with Gasteiger partial charge < -0.3 is 15.1 Å². The third-order valence-electron chi connectivity index (χ3n) is 6.44. The van der Waals surface area contributed by atoms with Crippen LogP contribution in [0.2, 0.25) is 0 Å². The Morgan fingerprint density at radius 1 is 1.17 bits per heavy atom. The van der Waals surface area contributed by atoms with Crippen LogP contribution in [-0.2, 0) is 13.0 Å². The fourth-order valence-electron chi connectivity index (χ4n) is 4.83. The van der Waals surface area contributed by atoms with Crippen LogP contribution in [0.15, 0.2) is 47.4 Å². The summed E-state index contributed by atoms with van der Waals surface area (Å²) in [5.41, 5.74) is 5.38. The van der Waals surface area contributed by atoms with Crippen LogP contribution in [0.4, 0.5) is 11.4 Å². The van der Waals surface area contributed by atoms with Gasteiger partial charge in [-0.3, -0.25) is 0 Å². The maximum Gasteiger partial charge on any atom is 0.173 e. The van der Waals surface area contributed by atoms with Gasteiger partial charge in [0.15, 0.2) is 5.11 Å². The summed E-state index contributed by atoms with van der Waals surface area (Å²) in [7, 11) is 0. The Bertz CT molecular complexity index is 876. The molecular formula is C25H33N3S2. The molecule has 1 saturated carbocycles. The van der Waals surface area contributed by atoms with Gasteiger partial charge in [-0.25, -0.2) is 0 Å². The van der Waals surface area contributed by atoms with Gasteiger partial charge >= 0.3 is 0 Å². The summed E-state index contributed by atoms with van der Waals surface area (Å²) in [6.45, 7) is 5.41. The zero-order chi connectivity index (χ0) is 20.9. The first-order valence-corrected chi connectivity index (χ1v) is 12.9. The number of anilines is 2. The second-order valence-electron chi connectivity index (χ2n) is 8.37. The third kappa shape index (κ3) is 4.94. The number of thioether (sulfide) groups is 1. The van der Waals surface area contributed by atoms with E-state index in [9.17, 15) is 0 Å². The number of aryl methyl sites for hydroxylation is 1. The molecule has 0 atom stereocenters. The first-order chi connectivity index (χ1) is 14.7. The highest BCUT2D eigenvalue weighted by atomic mass is 32.2. The van der Waals surface area contributed by atoms with Crippen LogP contribution in [0.3, 0.4) is 0 Å². The van der Waals surface area contributed by atoms with Crippen molar-refractivity contribution < 1.29 is 0 Å². The summed E-state index contributed by atoms with van der Waals surface area (Å²) in [6.07, 6.45) is 9.64. The molecule has 1 aliphatic carbocycles. The van der Waals surface area contributed by atoms with E-state index in [-0.39, 0.29) is 0 Å². The lowest BCUT2D eigenvalue weighted by molar-refractivity contribution is 0.312. The number of hydrogen-bond donors (Lipinski definition) is 1. The Labute approximate surface area is 191 Å². The molecule has 160 valence electrons. The first kappa shape index (κ1) is 21.5. The molecule has 2 aromatic carbocycles. The first-order valence-electron chi connectivity index (χ1n) is 11.3. The maximum absolute atomic E-state index is 5.93. The van der Waals surface area contributed by atoms with E-state index in [1.165, 1.54) is 66.8 Å². The van der Waals surface area contributed by atoms with Crippen LogP contribution >= 0.6 is 24.0 Å². The van der Waals surface area contributed by atoms with Gasteiger partial charge in [0, 0.05) is 41.9 Å². The Hall–Kier alpha value is -1.72. The molecule has 1 fully saturated rings. The summed E-state index contributed by atoms with van der Waals surface area (Å²) in [4.78, 5) is 6.20. The van der Waals surface area contributed by atoms with E-state index in [4.69, 9.17) is 12.2 Å². The van der Waals surface area contributed by atoms with E-state index < -0.39 is 0 Å². The molecule has 2 aliphatic rings. The van der Waals surface area contributed by atoms with Gasteiger partial charge in [-0.1, -0.05) is 31.0 Å². The topological polar surface area (TPSA) is 18.5 Å². The van der Waals surface area contributed by atoms with E-state index >= 15 is 0 Å².